The summed E-state index contributed by atoms with van der Waals surface area (Å²) in [4.78, 5) is 10.2. The number of non-ortho nitro benzene ring substituents is 1. The fraction of sp³-hybridized carbons (Fsp3) is 0.0625. The van der Waals surface area contributed by atoms with Crippen LogP contribution in [0, 0.1) is 21.4 Å². The van der Waals surface area contributed by atoms with Crippen LogP contribution in [0.25, 0.3) is 11.6 Å². The highest BCUT2D eigenvalue weighted by molar-refractivity contribution is 5.90. The van der Waals surface area contributed by atoms with Crippen LogP contribution in [0.5, 0.6) is 11.5 Å². The van der Waals surface area contributed by atoms with Gasteiger partial charge in [0, 0.05) is 12.1 Å². The maximum atomic E-state index is 10.7. The maximum absolute atomic E-state index is 10.7. The van der Waals surface area contributed by atoms with Crippen molar-refractivity contribution in [1.82, 2.24) is 0 Å². The Balaban J connectivity index is 1.93. The van der Waals surface area contributed by atoms with Crippen molar-refractivity contribution in [1.29, 1.82) is 5.26 Å². The zero-order valence-corrected chi connectivity index (χ0v) is 11.4. The summed E-state index contributed by atoms with van der Waals surface area (Å²) in [5.41, 5.74) is 1.81. The molecule has 0 saturated carbocycles. The minimum atomic E-state index is -0.475. The topological polar surface area (TPSA) is 85.4 Å². The van der Waals surface area contributed by atoms with E-state index >= 15 is 0 Å². The fourth-order valence-electron chi connectivity index (χ4n) is 2.11. The molecule has 0 atom stereocenters. The van der Waals surface area contributed by atoms with E-state index in [1.54, 1.807) is 30.3 Å². The van der Waals surface area contributed by atoms with Gasteiger partial charge in [-0.1, -0.05) is 6.07 Å². The van der Waals surface area contributed by atoms with Crippen LogP contribution in [0.2, 0.25) is 0 Å². The number of hydrogen-bond donors (Lipinski definition) is 0. The Bertz CT molecular complexity index is 804. The molecular formula is C16H10N2O4. The number of benzene rings is 2. The van der Waals surface area contributed by atoms with Crippen molar-refractivity contribution in [2.75, 3.05) is 6.79 Å². The van der Waals surface area contributed by atoms with E-state index in [1.165, 1.54) is 12.1 Å². The molecule has 0 fully saturated rings. The first kappa shape index (κ1) is 13.6. The predicted octanol–water partition coefficient (Wildman–Crippen LogP) is 3.39. The lowest BCUT2D eigenvalue weighted by Crippen LogP contribution is -1.92. The highest BCUT2D eigenvalue weighted by Gasteiger charge is 2.13. The number of nitro benzene ring substituents is 1. The molecule has 1 aliphatic rings. The van der Waals surface area contributed by atoms with Crippen molar-refractivity contribution in [3.63, 3.8) is 0 Å². The minimum absolute atomic E-state index is 0.0101. The Morgan fingerprint density at radius 2 is 1.91 bits per heavy atom. The number of nitriles is 1. The third-order valence-corrected chi connectivity index (χ3v) is 3.22. The zero-order valence-electron chi connectivity index (χ0n) is 11.4. The van der Waals surface area contributed by atoms with Crippen molar-refractivity contribution < 1.29 is 14.4 Å². The van der Waals surface area contributed by atoms with Gasteiger partial charge in [0.2, 0.25) is 6.79 Å². The average molecular weight is 294 g/mol. The number of rotatable bonds is 3. The first-order valence-corrected chi connectivity index (χ1v) is 6.43. The molecule has 6 nitrogen and oxygen atoms in total. The molecule has 0 radical (unpaired) electrons. The van der Waals surface area contributed by atoms with Crippen LogP contribution in [-0.2, 0) is 0 Å². The fourth-order valence-corrected chi connectivity index (χ4v) is 2.11. The number of nitrogens with zero attached hydrogens (tertiary/aromatic N) is 2. The van der Waals surface area contributed by atoms with Crippen molar-refractivity contribution in [2.45, 2.75) is 0 Å². The highest BCUT2D eigenvalue weighted by atomic mass is 16.7. The molecule has 22 heavy (non-hydrogen) atoms. The lowest BCUT2D eigenvalue weighted by atomic mass is 10.0. The molecule has 0 bridgehead atoms. The summed E-state index contributed by atoms with van der Waals surface area (Å²) in [5, 5.41) is 20.0. The average Bonchev–Trinajstić information content (AvgIpc) is 3.00. The van der Waals surface area contributed by atoms with Gasteiger partial charge in [0.15, 0.2) is 11.5 Å². The van der Waals surface area contributed by atoms with Crippen molar-refractivity contribution >= 4 is 17.3 Å². The molecule has 1 aliphatic heterocycles. The summed E-state index contributed by atoms with van der Waals surface area (Å²) in [6.45, 7) is 0.190. The lowest BCUT2D eigenvalue weighted by Gasteiger charge is -2.01. The van der Waals surface area contributed by atoms with Gasteiger partial charge >= 0.3 is 0 Å². The first-order valence-electron chi connectivity index (χ1n) is 6.43. The Morgan fingerprint density at radius 1 is 1.18 bits per heavy atom. The Hall–Kier alpha value is -3.33. The zero-order chi connectivity index (χ0) is 15.5. The summed E-state index contributed by atoms with van der Waals surface area (Å²) in [7, 11) is 0. The van der Waals surface area contributed by atoms with Gasteiger partial charge in [-0.2, -0.15) is 5.26 Å². The molecule has 0 saturated heterocycles. The molecule has 1 heterocycles. The number of allylic oxidation sites excluding steroid dienone is 1. The molecule has 2 aromatic carbocycles. The molecule has 0 unspecified atom stereocenters. The third kappa shape index (κ3) is 2.60. The smallest absolute Gasteiger partial charge is 0.269 e. The monoisotopic (exact) mass is 294 g/mol. The second-order valence-electron chi connectivity index (χ2n) is 4.59. The summed E-state index contributed by atoms with van der Waals surface area (Å²) in [6.07, 6.45) is 1.70. The molecule has 6 heteroatoms. The number of hydrogen-bond acceptors (Lipinski definition) is 5. The summed E-state index contributed by atoms with van der Waals surface area (Å²) in [5.74, 6) is 1.31. The second-order valence-corrected chi connectivity index (χ2v) is 4.59. The Labute approximate surface area is 126 Å². The quantitative estimate of drug-likeness (QED) is 0.375. The molecular weight excluding hydrogens is 284 g/mol. The van der Waals surface area contributed by atoms with Crippen LogP contribution in [-0.4, -0.2) is 11.7 Å². The van der Waals surface area contributed by atoms with E-state index in [0.29, 0.717) is 22.6 Å². The summed E-state index contributed by atoms with van der Waals surface area (Å²) in [6, 6.07) is 13.3. The molecule has 3 rings (SSSR count). The van der Waals surface area contributed by atoms with E-state index in [9.17, 15) is 15.4 Å². The number of fused-ring (bicyclic) bond motifs is 1. The Morgan fingerprint density at radius 3 is 2.59 bits per heavy atom. The van der Waals surface area contributed by atoms with Crippen molar-refractivity contribution in [3.8, 4) is 17.6 Å². The number of ether oxygens (including phenoxy) is 2. The molecule has 0 N–H and O–H groups in total. The van der Waals surface area contributed by atoms with Gasteiger partial charge in [0.05, 0.1) is 16.6 Å². The van der Waals surface area contributed by atoms with Gasteiger partial charge in [-0.3, -0.25) is 10.1 Å². The van der Waals surface area contributed by atoms with E-state index in [4.69, 9.17) is 9.47 Å². The third-order valence-electron chi connectivity index (χ3n) is 3.22. The second kappa shape index (κ2) is 5.58. The standard InChI is InChI=1S/C16H10N2O4/c17-9-13(12-2-4-14(5-3-12)18(19)20)7-11-1-6-15-16(8-11)22-10-21-15/h1-8H,10H2/b13-7+. The van der Waals surface area contributed by atoms with Crippen LogP contribution in [0.15, 0.2) is 42.5 Å². The lowest BCUT2D eigenvalue weighted by molar-refractivity contribution is -0.384. The normalized spacial score (nSPS) is 12.8. The van der Waals surface area contributed by atoms with Crippen molar-refractivity contribution in [2.24, 2.45) is 0 Å². The van der Waals surface area contributed by atoms with E-state index < -0.39 is 4.92 Å². The largest absolute Gasteiger partial charge is 0.454 e. The van der Waals surface area contributed by atoms with Gasteiger partial charge < -0.3 is 9.47 Å². The first-order chi connectivity index (χ1) is 10.7. The number of nitro groups is 1. The molecule has 0 amide bonds. The van der Waals surface area contributed by atoms with Gasteiger partial charge in [-0.15, -0.1) is 0 Å². The van der Waals surface area contributed by atoms with Crippen LogP contribution >= 0.6 is 0 Å². The SMILES string of the molecule is N#C/C(=C\c1ccc2c(c1)OCO2)c1ccc([N+](=O)[O-])cc1. The van der Waals surface area contributed by atoms with Crippen LogP contribution in [0.4, 0.5) is 5.69 Å². The predicted molar refractivity (Wildman–Crippen MR) is 79.1 cm³/mol. The van der Waals surface area contributed by atoms with Gasteiger partial charge in [0.25, 0.3) is 5.69 Å². The van der Waals surface area contributed by atoms with Crippen LogP contribution < -0.4 is 9.47 Å². The van der Waals surface area contributed by atoms with Gasteiger partial charge in [-0.05, 0) is 41.5 Å². The minimum Gasteiger partial charge on any atom is -0.454 e. The molecule has 0 aliphatic carbocycles. The Kier molecular flexibility index (Phi) is 3.46. The van der Waals surface area contributed by atoms with E-state index in [1.807, 2.05) is 6.07 Å². The molecule has 108 valence electrons. The summed E-state index contributed by atoms with van der Waals surface area (Å²) < 4.78 is 10.5. The van der Waals surface area contributed by atoms with Gasteiger partial charge in [0.1, 0.15) is 0 Å². The molecule has 0 spiro atoms. The maximum Gasteiger partial charge on any atom is 0.269 e. The van der Waals surface area contributed by atoms with E-state index in [0.717, 1.165) is 5.56 Å². The highest BCUT2D eigenvalue weighted by Crippen LogP contribution is 2.33. The van der Waals surface area contributed by atoms with E-state index in [2.05, 4.69) is 6.07 Å². The summed E-state index contributed by atoms with van der Waals surface area (Å²) >= 11 is 0. The van der Waals surface area contributed by atoms with Crippen LogP contribution in [0.3, 0.4) is 0 Å². The molecule has 0 aromatic heterocycles. The van der Waals surface area contributed by atoms with Gasteiger partial charge in [-0.25, -0.2) is 0 Å². The van der Waals surface area contributed by atoms with E-state index in [-0.39, 0.29) is 12.5 Å². The molecule has 2 aromatic rings. The van der Waals surface area contributed by atoms with Crippen molar-refractivity contribution in [3.05, 3.63) is 63.7 Å². The van der Waals surface area contributed by atoms with Crippen LogP contribution in [0.1, 0.15) is 11.1 Å².